The van der Waals surface area contributed by atoms with Gasteiger partial charge in [-0.15, -0.1) is 0 Å². The van der Waals surface area contributed by atoms with Crippen LogP contribution in [-0.4, -0.2) is 54.9 Å². The van der Waals surface area contributed by atoms with E-state index in [1.807, 2.05) is 44.2 Å². The minimum atomic E-state index is -1.46. The summed E-state index contributed by atoms with van der Waals surface area (Å²) < 4.78 is 16.2. The standard InChI is InChI=1S/C25H37NO6/c1-6-7-8-12-15-19(23(28)30-4)20(27)16-25(24(29)31-5)21(17(2)3)32-22(26-25)18-13-10-9-11-14-18/h9-11,13-14,17,19-21,27H,6-8,12,15-16H2,1-5H3/t19-,20-,21+,25-/m1/s1. The van der Waals surface area contributed by atoms with Crippen LogP contribution in [0.25, 0.3) is 0 Å². The van der Waals surface area contributed by atoms with Crippen LogP contribution in [0.1, 0.15) is 64.9 Å². The van der Waals surface area contributed by atoms with Gasteiger partial charge in [-0.3, -0.25) is 4.79 Å². The summed E-state index contributed by atoms with van der Waals surface area (Å²) in [5.74, 6) is -1.58. The molecule has 1 heterocycles. The number of nitrogens with zero attached hydrogens (tertiary/aromatic N) is 1. The number of ether oxygens (including phenoxy) is 3. The van der Waals surface area contributed by atoms with Crippen LogP contribution < -0.4 is 0 Å². The number of unbranched alkanes of at least 4 members (excludes halogenated alkanes) is 3. The highest BCUT2D eigenvalue weighted by molar-refractivity contribution is 5.99. The Labute approximate surface area is 191 Å². The van der Waals surface area contributed by atoms with E-state index in [1.54, 1.807) is 0 Å². The molecule has 1 aliphatic rings. The van der Waals surface area contributed by atoms with Gasteiger partial charge >= 0.3 is 11.9 Å². The van der Waals surface area contributed by atoms with Gasteiger partial charge in [-0.05, 0) is 24.5 Å². The van der Waals surface area contributed by atoms with Crippen LogP contribution >= 0.6 is 0 Å². The lowest BCUT2D eigenvalue weighted by Crippen LogP contribution is -2.52. The molecule has 1 aliphatic heterocycles. The van der Waals surface area contributed by atoms with Crippen molar-refractivity contribution >= 4 is 17.8 Å². The van der Waals surface area contributed by atoms with E-state index in [4.69, 9.17) is 14.2 Å². The maximum absolute atomic E-state index is 13.1. The number of carbonyl (C=O) groups excluding carboxylic acids is 2. The molecule has 7 nitrogen and oxygen atoms in total. The predicted molar refractivity (Wildman–Crippen MR) is 122 cm³/mol. The molecule has 0 bridgehead atoms. The number of rotatable bonds is 12. The summed E-state index contributed by atoms with van der Waals surface area (Å²) in [6, 6.07) is 9.32. The summed E-state index contributed by atoms with van der Waals surface area (Å²) in [7, 11) is 2.61. The van der Waals surface area contributed by atoms with Crippen molar-refractivity contribution in [3.63, 3.8) is 0 Å². The molecule has 32 heavy (non-hydrogen) atoms. The molecule has 2 rings (SSSR count). The molecule has 0 spiro atoms. The fourth-order valence-electron chi connectivity index (χ4n) is 4.34. The third-order valence-corrected chi connectivity index (χ3v) is 6.03. The Kier molecular flexibility index (Phi) is 9.69. The van der Waals surface area contributed by atoms with Crippen molar-refractivity contribution < 1.29 is 28.9 Å². The second kappa shape index (κ2) is 12.0. The van der Waals surface area contributed by atoms with Crippen molar-refractivity contribution in [2.45, 2.75) is 77.0 Å². The van der Waals surface area contributed by atoms with E-state index in [-0.39, 0.29) is 12.3 Å². The summed E-state index contributed by atoms with van der Waals surface area (Å²) in [5.41, 5.74) is -0.717. The molecule has 7 heteroatoms. The zero-order valence-corrected chi connectivity index (χ0v) is 19.9. The van der Waals surface area contributed by atoms with Gasteiger partial charge in [0.15, 0.2) is 0 Å². The molecular weight excluding hydrogens is 410 g/mol. The van der Waals surface area contributed by atoms with Crippen LogP contribution in [0.4, 0.5) is 0 Å². The van der Waals surface area contributed by atoms with Gasteiger partial charge in [0, 0.05) is 12.0 Å². The maximum Gasteiger partial charge on any atom is 0.337 e. The molecule has 0 unspecified atom stereocenters. The molecule has 0 amide bonds. The van der Waals surface area contributed by atoms with E-state index >= 15 is 0 Å². The predicted octanol–water partition coefficient (Wildman–Crippen LogP) is 3.91. The van der Waals surface area contributed by atoms with Crippen LogP contribution in [0.5, 0.6) is 0 Å². The van der Waals surface area contributed by atoms with Gasteiger partial charge in [0.1, 0.15) is 6.10 Å². The second-order valence-corrected chi connectivity index (χ2v) is 8.73. The summed E-state index contributed by atoms with van der Waals surface area (Å²) in [4.78, 5) is 30.2. The highest BCUT2D eigenvalue weighted by atomic mass is 16.5. The first kappa shape index (κ1) is 25.8. The number of aliphatic hydroxyl groups excluding tert-OH is 1. The lowest BCUT2D eigenvalue weighted by atomic mass is 9.78. The molecule has 1 N–H and O–H groups in total. The van der Waals surface area contributed by atoms with Crippen molar-refractivity contribution in [1.82, 2.24) is 0 Å². The minimum Gasteiger partial charge on any atom is -0.471 e. The van der Waals surface area contributed by atoms with Crippen molar-refractivity contribution in [3.8, 4) is 0 Å². The molecule has 0 saturated heterocycles. The monoisotopic (exact) mass is 447 g/mol. The summed E-state index contributed by atoms with van der Waals surface area (Å²) >= 11 is 0. The first-order valence-corrected chi connectivity index (χ1v) is 11.5. The summed E-state index contributed by atoms with van der Waals surface area (Å²) in [6.45, 7) is 5.97. The number of aliphatic hydroxyl groups is 1. The van der Waals surface area contributed by atoms with Gasteiger partial charge < -0.3 is 19.3 Å². The Morgan fingerprint density at radius 1 is 1.12 bits per heavy atom. The van der Waals surface area contributed by atoms with Crippen LogP contribution in [0, 0.1) is 11.8 Å². The molecule has 4 atom stereocenters. The number of hydrogen-bond donors (Lipinski definition) is 1. The Balaban J connectivity index is 2.39. The molecule has 1 aromatic rings. The van der Waals surface area contributed by atoms with Gasteiger partial charge in [0.2, 0.25) is 11.4 Å². The van der Waals surface area contributed by atoms with E-state index in [1.165, 1.54) is 14.2 Å². The Morgan fingerprint density at radius 3 is 2.38 bits per heavy atom. The molecular formula is C25H37NO6. The highest BCUT2D eigenvalue weighted by Gasteiger charge is 2.56. The number of carbonyl (C=O) groups is 2. The van der Waals surface area contributed by atoms with Crippen LogP contribution in [0.3, 0.4) is 0 Å². The second-order valence-electron chi connectivity index (χ2n) is 8.73. The SMILES string of the molecule is CCCCCC[C@@H](C(=O)OC)[C@H](O)C[C@@]1(C(=O)OC)N=C(c2ccccc2)O[C@H]1C(C)C. The van der Waals surface area contributed by atoms with Gasteiger partial charge in [-0.1, -0.05) is 64.7 Å². The molecule has 0 aromatic heterocycles. The topological polar surface area (TPSA) is 94.4 Å². The lowest BCUT2D eigenvalue weighted by Gasteiger charge is -2.34. The first-order valence-electron chi connectivity index (χ1n) is 11.5. The fourth-order valence-corrected chi connectivity index (χ4v) is 4.34. The van der Waals surface area contributed by atoms with E-state index in [0.717, 1.165) is 31.2 Å². The van der Waals surface area contributed by atoms with E-state index < -0.39 is 35.6 Å². The Hall–Kier alpha value is -2.41. The lowest BCUT2D eigenvalue weighted by molar-refractivity contribution is -0.157. The summed E-state index contributed by atoms with van der Waals surface area (Å²) in [6.07, 6.45) is 2.50. The maximum atomic E-state index is 13.1. The number of methoxy groups -OCH3 is 2. The molecule has 0 radical (unpaired) electrons. The van der Waals surface area contributed by atoms with Crippen LogP contribution in [-0.2, 0) is 23.8 Å². The van der Waals surface area contributed by atoms with Gasteiger partial charge in [-0.25, -0.2) is 9.79 Å². The number of esters is 2. The Morgan fingerprint density at radius 2 is 1.81 bits per heavy atom. The fraction of sp³-hybridized carbons (Fsp3) is 0.640. The van der Waals surface area contributed by atoms with Crippen molar-refractivity contribution in [1.29, 1.82) is 0 Å². The number of benzene rings is 1. The van der Waals surface area contributed by atoms with E-state index in [9.17, 15) is 14.7 Å². The van der Waals surface area contributed by atoms with Gasteiger partial charge in [0.05, 0.1) is 26.2 Å². The van der Waals surface area contributed by atoms with Crippen molar-refractivity contribution in [2.24, 2.45) is 16.8 Å². The molecule has 0 fully saturated rings. The normalized spacial score (nSPS) is 22.1. The third-order valence-electron chi connectivity index (χ3n) is 6.03. The third kappa shape index (κ3) is 5.88. The smallest absolute Gasteiger partial charge is 0.337 e. The average Bonchev–Trinajstić information content (AvgIpc) is 3.19. The zero-order valence-electron chi connectivity index (χ0n) is 19.9. The first-order chi connectivity index (χ1) is 15.3. The Bertz CT molecular complexity index is 778. The largest absolute Gasteiger partial charge is 0.471 e. The van der Waals surface area contributed by atoms with Crippen LogP contribution in [0.2, 0.25) is 0 Å². The van der Waals surface area contributed by atoms with Crippen molar-refractivity contribution in [3.05, 3.63) is 35.9 Å². The quantitative estimate of drug-likeness (QED) is 0.386. The van der Waals surface area contributed by atoms with E-state index in [2.05, 4.69) is 11.9 Å². The molecule has 1 aromatic carbocycles. The molecule has 0 aliphatic carbocycles. The molecule has 0 saturated carbocycles. The van der Waals surface area contributed by atoms with Gasteiger partial charge in [-0.2, -0.15) is 0 Å². The highest BCUT2D eigenvalue weighted by Crippen LogP contribution is 2.39. The molecule has 178 valence electrons. The minimum absolute atomic E-state index is 0.0904. The number of hydrogen-bond acceptors (Lipinski definition) is 7. The average molecular weight is 448 g/mol. The van der Waals surface area contributed by atoms with E-state index in [0.29, 0.717) is 12.3 Å². The summed E-state index contributed by atoms with van der Waals surface area (Å²) in [5, 5.41) is 11.2. The zero-order chi connectivity index (χ0) is 23.7. The van der Waals surface area contributed by atoms with Crippen molar-refractivity contribution in [2.75, 3.05) is 14.2 Å². The van der Waals surface area contributed by atoms with Gasteiger partial charge in [0.25, 0.3) is 0 Å². The number of aliphatic imine (C=N–C) groups is 1. The van der Waals surface area contributed by atoms with Crippen LogP contribution in [0.15, 0.2) is 35.3 Å².